The average molecular weight is 298 g/mol. The second kappa shape index (κ2) is 5.47. The molecule has 0 saturated carbocycles. The van der Waals surface area contributed by atoms with Crippen molar-refractivity contribution < 1.29 is 8.81 Å². The molecule has 0 fully saturated rings. The molecule has 0 saturated heterocycles. The molecule has 1 atom stereocenters. The third-order valence-electron chi connectivity index (χ3n) is 2.50. The molecule has 1 N–H and O–H groups in total. The predicted molar refractivity (Wildman–Crippen MR) is 68.1 cm³/mol. The lowest BCUT2D eigenvalue weighted by Gasteiger charge is -2.11. The van der Waals surface area contributed by atoms with Gasteiger partial charge in [-0.3, -0.25) is 0 Å². The van der Waals surface area contributed by atoms with Crippen LogP contribution in [0.4, 0.5) is 4.39 Å². The first kappa shape index (κ1) is 12.3. The van der Waals surface area contributed by atoms with Crippen molar-refractivity contribution in [3.05, 3.63) is 58.2 Å². The maximum Gasteiger partial charge on any atom is 0.124 e. The fraction of sp³-hybridized carbons (Fsp3) is 0.231. The van der Waals surface area contributed by atoms with Gasteiger partial charge in [-0.05, 0) is 42.8 Å². The minimum Gasteiger partial charge on any atom is -0.468 e. The van der Waals surface area contributed by atoms with E-state index < -0.39 is 0 Å². The molecule has 2 nitrogen and oxygen atoms in total. The van der Waals surface area contributed by atoms with Crippen molar-refractivity contribution in [3.63, 3.8) is 0 Å². The summed E-state index contributed by atoms with van der Waals surface area (Å²) in [6.07, 6.45) is 1.65. The van der Waals surface area contributed by atoms with E-state index in [9.17, 15) is 4.39 Å². The third kappa shape index (κ3) is 3.41. The Morgan fingerprint density at radius 3 is 2.88 bits per heavy atom. The quantitative estimate of drug-likeness (QED) is 0.922. The van der Waals surface area contributed by atoms with Crippen molar-refractivity contribution in [1.29, 1.82) is 0 Å². The molecular weight excluding hydrogens is 285 g/mol. The van der Waals surface area contributed by atoms with Gasteiger partial charge in [0.25, 0.3) is 0 Å². The van der Waals surface area contributed by atoms with E-state index in [2.05, 4.69) is 21.2 Å². The number of hydrogen-bond donors (Lipinski definition) is 1. The first-order valence-electron chi connectivity index (χ1n) is 5.37. The number of nitrogens with one attached hydrogen (secondary N) is 1. The Kier molecular flexibility index (Phi) is 3.97. The summed E-state index contributed by atoms with van der Waals surface area (Å²) < 4.78 is 19.2. The highest BCUT2D eigenvalue weighted by Gasteiger charge is 2.07. The SMILES string of the molecule is C[C@@H](NCc1cc(F)cc(Br)c1)c1ccco1. The summed E-state index contributed by atoms with van der Waals surface area (Å²) in [4.78, 5) is 0. The van der Waals surface area contributed by atoms with Crippen LogP contribution in [-0.4, -0.2) is 0 Å². The Morgan fingerprint density at radius 1 is 1.41 bits per heavy atom. The van der Waals surface area contributed by atoms with Crippen molar-refractivity contribution in [2.24, 2.45) is 0 Å². The zero-order valence-corrected chi connectivity index (χ0v) is 11.0. The monoisotopic (exact) mass is 297 g/mol. The minimum atomic E-state index is -0.234. The van der Waals surface area contributed by atoms with Crippen molar-refractivity contribution in [3.8, 4) is 0 Å². The molecule has 0 spiro atoms. The van der Waals surface area contributed by atoms with Crippen molar-refractivity contribution >= 4 is 15.9 Å². The largest absolute Gasteiger partial charge is 0.468 e. The van der Waals surface area contributed by atoms with Crippen LogP contribution >= 0.6 is 15.9 Å². The van der Waals surface area contributed by atoms with Crippen LogP contribution in [0.3, 0.4) is 0 Å². The molecule has 0 radical (unpaired) electrons. The van der Waals surface area contributed by atoms with Crippen LogP contribution in [0.5, 0.6) is 0 Å². The molecule has 0 amide bonds. The van der Waals surface area contributed by atoms with E-state index in [1.165, 1.54) is 12.1 Å². The Morgan fingerprint density at radius 2 is 2.24 bits per heavy atom. The standard InChI is InChI=1S/C13H13BrFNO/c1-9(13-3-2-4-17-13)16-8-10-5-11(14)7-12(15)6-10/h2-7,9,16H,8H2,1H3/t9-/m1/s1. The van der Waals surface area contributed by atoms with Gasteiger partial charge in [0.2, 0.25) is 0 Å². The van der Waals surface area contributed by atoms with Crippen LogP contribution in [0.1, 0.15) is 24.3 Å². The second-order valence-electron chi connectivity index (χ2n) is 3.90. The van der Waals surface area contributed by atoms with E-state index in [1.54, 1.807) is 6.26 Å². The molecule has 0 aliphatic rings. The van der Waals surface area contributed by atoms with E-state index in [-0.39, 0.29) is 11.9 Å². The highest BCUT2D eigenvalue weighted by molar-refractivity contribution is 9.10. The van der Waals surface area contributed by atoms with E-state index in [4.69, 9.17) is 4.42 Å². The molecule has 90 valence electrons. The normalized spacial score (nSPS) is 12.6. The Bertz CT molecular complexity index is 464. The predicted octanol–water partition coefficient (Wildman–Crippen LogP) is 4.03. The topological polar surface area (TPSA) is 25.2 Å². The highest BCUT2D eigenvalue weighted by Crippen LogP contribution is 2.17. The van der Waals surface area contributed by atoms with Crippen LogP contribution in [0.2, 0.25) is 0 Å². The lowest BCUT2D eigenvalue weighted by atomic mass is 10.2. The van der Waals surface area contributed by atoms with Crippen LogP contribution < -0.4 is 5.32 Å². The van der Waals surface area contributed by atoms with Gasteiger partial charge in [-0.1, -0.05) is 15.9 Å². The fourth-order valence-electron chi connectivity index (χ4n) is 1.62. The average Bonchev–Trinajstić information content (AvgIpc) is 2.78. The number of halogens is 2. The molecule has 0 bridgehead atoms. The van der Waals surface area contributed by atoms with Gasteiger partial charge in [-0.25, -0.2) is 4.39 Å². The highest BCUT2D eigenvalue weighted by atomic mass is 79.9. The molecule has 1 aromatic heterocycles. The van der Waals surface area contributed by atoms with Gasteiger partial charge in [-0.2, -0.15) is 0 Å². The van der Waals surface area contributed by atoms with Gasteiger partial charge in [0.1, 0.15) is 11.6 Å². The van der Waals surface area contributed by atoms with Crippen molar-refractivity contribution in [2.45, 2.75) is 19.5 Å². The van der Waals surface area contributed by atoms with Crippen LogP contribution in [0, 0.1) is 5.82 Å². The van der Waals surface area contributed by atoms with Gasteiger partial charge in [0.05, 0.1) is 12.3 Å². The summed E-state index contributed by atoms with van der Waals surface area (Å²) in [5, 5.41) is 3.27. The second-order valence-corrected chi connectivity index (χ2v) is 4.81. The van der Waals surface area contributed by atoms with E-state index >= 15 is 0 Å². The smallest absolute Gasteiger partial charge is 0.124 e. The van der Waals surface area contributed by atoms with Crippen molar-refractivity contribution in [2.75, 3.05) is 0 Å². The third-order valence-corrected chi connectivity index (χ3v) is 2.96. The molecule has 1 heterocycles. The maximum absolute atomic E-state index is 13.1. The number of furan rings is 1. The molecule has 1 aromatic carbocycles. The zero-order valence-electron chi connectivity index (χ0n) is 9.41. The number of benzene rings is 1. The van der Waals surface area contributed by atoms with Crippen LogP contribution in [0.15, 0.2) is 45.5 Å². The molecule has 2 aromatic rings. The summed E-state index contributed by atoms with van der Waals surface area (Å²) in [7, 11) is 0. The molecule has 0 unspecified atom stereocenters. The van der Waals surface area contributed by atoms with Gasteiger partial charge in [0.15, 0.2) is 0 Å². The summed E-state index contributed by atoms with van der Waals surface area (Å²) in [6.45, 7) is 2.60. The van der Waals surface area contributed by atoms with Gasteiger partial charge in [-0.15, -0.1) is 0 Å². The van der Waals surface area contributed by atoms with E-state index in [0.29, 0.717) is 6.54 Å². The first-order chi connectivity index (χ1) is 8.15. The molecule has 0 aliphatic heterocycles. The summed E-state index contributed by atoms with van der Waals surface area (Å²) in [5.74, 6) is 0.641. The number of rotatable bonds is 4. The van der Waals surface area contributed by atoms with Crippen LogP contribution in [-0.2, 0) is 6.54 Å². The summed E-state index contributed by atoms with van der Waals surface area (Å²) in [6, 6.07) is 8.73. The Labute approximate surface area is 108 Å². The molecule has 4 heteroatoms. The van der Waals surface area contributed by atoms with Crippen molar-refractivity contribution in [1.82, 2.24) is 5.32 Å². The zero-order chi connectivity index (χ0) is 12.3. The summed E-state index contributed by atoms with van der Waals surface area (Å²) >= 11 is 3.27. The summed E-state index contributed by atoms with van der Waals surface area (Å²) in [5.41, 5.74) is 0.898. The lowest BCUT2D eigenvalue weighted by Crippen LogP contribution is -2.17. The van der Waals surface area contributed by atoms with E-state index in [0.717, 1.165) is 15.8 Å². The van der Waals surface area contributed by atoms with Gasteiger partial charge >= 0.3 is 0 Å². The molecule has 2 rings (SSSR count). The lowest BCUT2D eigenvalue weighted by molar-refractivity contribution is 0.430. The first-order valence-corrected chi connectivity index (χ1v) is 6.16. The van der Waals surface area contributed by atoms with Gasteiger partial charge in [0, 0.05) is 11.0 Å². The van der Waals surface area contributed by atoms with Crippen LogP contribution in [0.25, 0.3) is 0 Å². The minimum absolute atomic E-state index is 0.104. The maximum atomic E-state index is 13.1. The fourth-order valence-corrected chi connectivity index (χ4v) is 2.13. The molecular formula is C13H13BrFNO. The molecule has 17 heavy (non-hydrogen) atoms. The molecule has 0 aliphatic carbocycles. The Hall–Kier alpha value is -1.13. The number of hydrogen-bond acceptors (Lipinski definition) is 2. The van der Waals surface area contributed by atoms with Gasteiger partial charge < -0.3 is 9.73 Å². The van der Waals surface area contributed by atoms with E-state index in [1.807, 2.05) is 25.1 Å². The Balaban J connectivity index is 1.98.